The Kier molecular flexibility index (Phi) is 42.5. The summed E-state index contributed by atoms with van der Waals surface area (Å²) in [7, 11) is 0. The van der Waals surface area contributed by atoms with Crippen LogP contribution in [-0.4, -0.2) is 186 Å². The maximum absolute atomic E-state index is 14.8. The zero-order valence-electron chi connectivity index (χ0n) is 62.9. The molecule has 3 rings (SSSR count). The quantitative estimate of drug-likeness (QED) is 0.0343. The molecule has 0 radical (unpaired) electrons. The van der Waals surface area contributed by atoms with Crippen molar-refractivity contribution in [2.45, 2.75) is 256 Å². The van der Waals surface area contributed by atoms with Crippen LogP contribution in [0.4, 0.5) is 0 Å². The number of carboxylic acid groups (broad SMARTS) is 1. The second-order valence-corrected chi connectivity index (χ2v) is 28.2. The first-order valence-corrected chi connectivity index (χ1v) is 37.4. The van der Waals surface area contributed by atoms with Gasteiger partial charge in [0.1, 0.15) is 66.5 Å². The molecule has 0 fully saturated rings. The number of para-hydroxylation sites is 1. The Morgan fingerprint density at radius 1 is 0.381 bits per heavy atom. The van der Waals surface area contributed by atoms with E-state index in [1.54, 1.807) is 64.2 Å². The molecule has 0 bridgehead atoms. The number of aromatic nitrogens is 1. The number of H-pyrrole nitrogens is 1. The molecular formula is C74H124N18O13. The fourth-order valence-electron chi connectivity index (χ4n) is 11.8. The number of nitrogens with two attached hydrogens (primary N) is 6. The van der Waals surface area contributed by atoms with Gasteiger partial charge in [-0.3, -0.25) is 52.7 Å². The first-order chi connectivity index (χ1) is 50.0. The Hall–Kier alpha value is -8.62. The van der Waals surface area contributed by atoms with Gasteiger partial charge in [-0.2, -0.15) is 0 Å². The summed E-state index contributed by atoms with van der Waals surface area (Å²) in [6.07, 6.45) is 7.27. The van der Waals surface area contributed by atoms with Gasteiger partial charge in [0, 0.05) is 23.5 Å². The summed E-state index contributed by atoms with van der Waals surface area (Å²) in [5.41, 5.74) is 38.0. The van der Waals surface area contributed by atoms with E-state index in [4.69, 9.17) is 34.4 Å². The lowest BCUT2D eigenvalue weighted by molar-refractivity contribution is -0.142. The van der Waals surface area contributed by atoms with Crippen molar-refractivity contribution >= 4 is 81.9 Å². The lowest BCUT2D eigenvalue weighted by Crippen LogP contribution is -2.61. The Bertz CT molecular complexity index is 3210. The third-order valence-electron chi connectivity index (χ3n) is 18.2. The Morgan fingerprint density at radius 2 is 0.724 bits per heavy atom. The second-order valence-electron chi connectivity index (χ2n) is 28.2. The standard InChI is InChI=1S/C74H124N18O13/c1-9-46(6)62(73(103)83-48(8)63(93)84-55(30-16-21-35-76)67(97)86-54(29-15-20-34-75)66(96)82-47(7)64(94)91-61(74(104)105)40-45(4)5)92-70(100)58(33-19-24-38-79)87-68(98)57(32-18-23-37-78)88-71(101)59(39-44(2)3)89-72(102)60(41-49-25-11-10-12-26-49)90-69(99)56(31-17-22-36-77)85-65(95)52(80)42-50-43-81-53-28-14-13-27-51(50)53/h10-14,25-28,43-48,52,54-62,81H,9,15-24,29-42,75-80H2,1-8H3,(H,82,96)(H,83,103)(H,84,93)(H,85,95)(H,86,97)(H,87,98)(H,88,101)(H,89,102)(H,90,99)(H,91,94)(H,92,100)(H,104,105)/t46-,47-,48-,52-,54-,55-,56-,57-,58-,59-,60-,61-,62-/m0/s1. The Labute approximate surface area is 618 Å². The average Bonchev–Trinajstić information content (AvgIpc) is 1.70. The Morgan fingerprint density at radius 3 is 1.15 bits per heavy atom. The predicted molar refractivity (Wildman–Crippen MR) is 403 cm³/mol. The summed E-state index contributed by atoms with van der Waals surface area (Å²) in [6, 6.07) is 1.72. The van der Waals surface area contributed by atoms with Gasteiger partial charge in [0.05, 0.1) is 6.04 Å². The van der Waals surface area contributed by atoms with E-state index in [-0.39, 0.29) is 95.8 Å². The van der Waals surface area contributed by atoms with Crippen molar-refractivity contribution in [1.29, 1.82) is 0 Å². The van der Waals surface area contributed by atoms with Crippen LogP contribution >= 0.6 is 0 Å². The number of carbonyl (C=O) groups is 12. The van der Waals surface area contributed by atoms with Crippen molar-refractivity contribution in [3.05, 3.63) is 71.9 Å². The van der Waals surface area contributed by atoms with Crippen LogP contribution in [0.15, 0.2) is 60.8 Å². The highest BCUT2D eigenvalue weighted by molar-refractivity contribution is 5.99. The first-order valence-electron chi connectivity index (χ1n) is 37.4. The summed E-state index contributed by atoms with van der Waals surface area (Å²) in [6.45, 7) is 14.9. The molecule has 2 aromatic carbocycles. The molecule has 0 aliphatic carbocycles. The van der Waals surface area contributed by atoms with Gasteiger partial charge in [-0.05, 0) is 197 Å². The van der Waals surface area contributed by atoms with E-state index in [0.29, 0.717) is 82.7 Å². The number of nitrogens with one attached hydrogen (secondary N) is 12. The maximum atomic E-state index is 14.8. The molecule has 3 aromatic rings. The smallest absolute Gasteiger partial charge is 0.326 e. The fraction of sp³-hybridized carbons (Fsp3) is 0.649. The van der Waals surface area contributed by atoms with Crippen molar-refractivity contribution in [2.24, 2.45) is 52.2 Å². The fourth-order valence-corrected chi connectivity index (χ4v) is 11.8. The SMILES string of the molecule is CC[C@H](C)[C@H](NC(=O)[C@H](CCCCN)NC(=O)[C@H](CCCCN)NC(=O)[C@H](CC(C)C)NC(=O)[C@H](Cc1ccccc1)NC(=O)[C@H](CCCCN)NC(=O)[C@@H](N)Cc1c[nH]c2ccccc12)C(=O)N[C@@H](C)C(=O)N[C@@H](CCCCN)C(=O)N[C@@H](CCCCN)C(=O)N[C@@H](C)C(=O)N[C@@H](CC(C)C)C(=O)O. The van der Waals surface area contributed by atoms with Crippen LogP contribution in [0.2, 0.25) is 0 Å². The lowest BCUT2D eigenvalue weighted by Gasteiger charge is -2.29. The number of benzene rings is 2. The molecule has 0 unspecified atom stereocenters. The van der Waals surface area contributed by atoms with Crippen molar-refractivity contribution < 1.29 is 62.6 Å². The van der Waals surface area contributed by atoms with Gasteiger partial charge < -0.3 is 103 Å². The Balaban J connectivity index is 1.88. The van der Waals surface area contributed by atoms with Crippen molar-refractivity contribution in [3.8, 4) is 0 Å². The van der Waals surface area contributed by atoms with Crippen LogP contribution in [0.25, 0.3) is 10.9 Å². The second kappa shape index (κ2) is 49.2. The van der Waals surface area contributed by atoms with Crippen LogP contribution in [0.1, 0.15) is 182 Å². The molecule has 105 heavy (non-hydrogen) atoms. The monoisotopic (exact) mass is 1470 g/mol. The number of unbranched alkanes of at least 4 members (excludes halogenated alkanes) is 5. The zero-order valence-corrected chi connectivity index (χ0v) is 62.9. The van der Waals surface area contributed by atoms with Crippen molar-refractivity contribution in [2.75, 3.05) is 32.7 Å². The molecule has 0 aliphatic heterocycles. The van der Waals surface area contributed by atoms with E-state index in [1.807, 2.05) is 38.1 Å². The van der Waals surface area contributed by atoms with Gasteiger partial charge in [0.15, 0.2) is 0 Å². The molecular weight excluding hydrogens is 1350 g/mol. The number of fused-ring (bicyclic) bond motifs is 1. The van der Waals surface area contributed by atoms with Gasteiger partial charge in [-0.15, -0.1) is 0 Å². The third-order valence-corrected chi connectivity index (χ3v) is 18.2. The van der Waals surface area contributed by atoms with E-state index in [0.717, 1.165) is 16.5 Å². The predicted octanol–water partition coefficient (Wildman–Crippen LogP) is 0.521. The van der Waals surface area contributed by atoms with Crippen molar-refractivity contribution in [3.63, 3.8) is 0 Å². The number of carbonyl (C=O) groups excluding carboxylic acids is 11. The van der Waals surface area contributed by atoms with Crippen LogP contribution in [0, 0.1) is 17.8 Å². The van der Waals surface area contributed by atoms with E-state index < -0.39 is 149 Å². The van der Waals surface area contributed by atoms with Crippen molar-refractivity contribution in [1.82, 2.24) is 63.5 Å². The summed E-state index contributed by atoms with van der Waals surface area (Å²) in [5.74, 6) is -10.1. The number of hydrogen-bond donors (Lipinski definition) is 19. The van der Waals surface area contributed by atoms with Gasteiger partial charge in [-0.1, -0.05) is 96.5 Å². The molecule has 0 saturated carbocycles. The van der Waals surface area contributed by atoms with Crippen LogP contribution in [0.3, 0.4) is 0 Å². The normalized spacial score (nSPS) is 15.1. The molecule has 0 spiro atoms. The largest absolute Gasteiger partial charge is 0.480 e. The number of carboxylic acids is 1. The summed E-state index contributed by atoms with van der Waals surface area (Å²) >= 11 is 0. The van der Waals surface area contributed by atoms with E-state index in [9.17, 15) is 62.6 Å². The molecule has 1 heterocycles. The number of amides is 11. The summed E-state index contributed by atoms with van der Waals surface area (Å²) < 4.78 is 0. The number of aliphatic carboxylic acids is 1. The molecule has 31 nitrogen and oxygen atoms in total. The lowest BCUT2D eigenvalue weighted by atomic mass is 9.97. The molecule has 1 aromatic heterocycles. The van der Waals surface area contributed by atoms with Crippen LogP contribution in [0.5, 0.6) is 0 Å². The number of hydrogen-bond acceptors (Lipinski definition) is 18. The molecule has 31 heteroatoms. The topological polar surface area (TPSA) is 529 Å². The summed E-state index contributed by atoms with van der Waals surface area (Å²) in [5, 5.41) is 40.6. The molecule has 588 valence electrons. The third kappa shape index (κ3) is 33.2. The minimum Gasteiger partial charge on any atom is -0.480 e. The maximum Gasteiger partial charge on any atom is 0.326 e. The zero-order chi connectivity index (χ0) is 78.1. The minimum absolute atomic E-state index is 0.0197. The van der Waals surface area contributed by atoms with E-state index >= 15 is 0 Å². The van der Waals surface area contributed by atoms with E-state index in [2.05, 4.69) is 63.5 Å². The average molecular weight is 1470 g/mol. The highest BCUT2D eigenvalue weighted by Crippen LogP contribution is 2.20. The minimum atomic E-state index is -1.31. The molecule has 25 N–H and O–H groups in total. The molecule has 11 amide bonds. The van der Waals surface area contributed by atoms with Gasteiger partial charge in [0.25, 0.3) is 0 Å². The van der Waals surface area contributed by atoms with Crippen LogP contribution < -0.4 is 92.9 Å². The van der Waals surface area contributed by atoms with Crippen LogP contribution in [-0.2, 0) is 70.4 Å². The molecule has 13 atom stereocenters. The van der Waals surface area contributed by atoms with E-state index in [1.165, 1.54) is 13.8 Å². The summed E-state index contributed by atoms with van der Waals surface area (Å²) in [4.78, 5) is 172. The molecule has 0 saturated heterocycles. The van der Waals surface area contributed by atoms with Gasteiger partial charge >= 0.3 is 5.97 Å². The number of rotatable bonds is 53. The van der Waals surface area contributed by atoms with Gasteiger partial charge in [-0.25, -0.2) is 4.79 Å². The number of aromatic amines is 1. The highest BCUT2D eigenvalue weighted by atomic mass is 16.4. The highest BCUT2D eigenvalue weighted by Gasteiger charge is 2.37. The first kappa shape index (κ1) is 90.6. The molecule has 0 aliphatic rings. The van der Waals surface area contributed by atoms with Gasteiger partial charge in [0.2, 0.25) is 65.0 Å².